The van der Waals surface area contributed by atoms with E-state index in [1.165, 1.54) is 0 Å². The van der Waals surface area contributed by atoms with Gasteiger partial charge in [0.15, 0.2) is 0 Å². The summed E-state index contributed by atoms with van der Waals surface area (Å²) in [6, 6.07) is 5.87. The Hall–Kier alpha value is -0.835. The van der Waals surface area contributed by atoms with Gasteiger partial charge >= 0.3 is 7.12 Å². The Labute approximate surface area is 182 Å². The molecule has 1 aliphatic heterocycles. The summed E-state index contributed by atoms with van der Waals surface area (Å²) in [4.78, 5) is 12.9. The Morgan fingerprint density at radius 2 is 1.96 bits per heavy atom. The van der Waals surface area contributed by atoms with E-state index in [0.717, 1.165) is 29.7 Å². The van der Waals surface area contributed by atoms with Gasteiger partial charge in [-0.1, -0.05) is 42.5 Å². The number of amides is 1. The molecule has 1 aromatic rings. The first-order valence-electron chi connectivity index (χ1n) is 9.76. The second-order valence-corrected chi connectivity index (χ2v) is 12.0. The molecular weight excluding hydrogens is 468 g/mol. The molecule has 0 spiro atoms. The molecule has 2 rings (SSSR count). The highest BCUT2D eigenvalue weighted by molar-refractivity contribution is 14.1. The molecule has 5 N–H and O–H groups in total. The standard InChI is InChI=1S/C20H33BIN3O3/c1-18(2,22)13-20(5,19(3,4)23)17(26)25-10-6-9-24-15-8-7-14-12-28-21(27)16(14)11-15/h7-8,11,24,27H,6,9-10,12-13,23H2,1-5H3,(H,25,26). The number of alkyl halides is 1. The number of hydrogen-bond donors (Lipinski definition) is 4. The minimum atomic E-state index is -0.838. The number of anilines is 1. The van der Waals surface area contributed by atoms with Gasteiger partial charge in [0.25, 0.3) is 0 Å². The van der Waals surface area contributed by atoms with Crippen LogP contribution in [0.3, 0.4) is 0 Å². The summed E-state index contributed by atoms with van der Waals surface area (Å²) in [6.45, 7) is 11.8. The van der Waals surface area contributed by atoms with Gasteiger partial charge in [-0.3, -0.25) is 4.79 Å². The summed E-state index contributed by atoms with van der Waals surface area (Å²) in [5.74, 6) is 0.00235. The van der Waals surface area contributed by atoms with Crippen LogP contribution in [-0.2, 0) is 16.1 Å². The van der Waals surface area contributed by atoms with Gasteiger partial charge in [-0.15, -0.1) is 0 Å². The molecule has 0 bridgehead atoms. The van der Waals surface area contributed by atoms with Crippen molar-refractivity contribution in [2.24, 2.45) is 11.1 Å². The molecular formula is C20H33BIN3O3. The Kier molecular flexibility index (Phi) is 7.45. The van der Waals surface area contributed by atoms with E-state index in [4.69, 9.17) is 10.4 Å². The Morgan fingerprint density at radius 3 is 2.57 bits per heavy atom. The molecule has 0 radical (unpaired) electrons. The van der Waals surface area contributed by atoms with E-state index < -0.39 is 18.1 Å². The molecule has 6 nitrogen and oxygen atoms in total. The molecule has 1 aliphatic rings. The highest BCUT2D eigenvalue weighted by Gasteiger charge is 2.47. The molecule has 1 heterocycles. The zero-order valence-corrected chi connectivity index (χ0v) is 19.7. The van der Waals surface area contributed by atoms with Gasteiger partial charge in [0.05, 0.1) is 12.0 Å². The largest absolute Gasteiger partial charge is 0.491 e. The summed E-state index contributed by atoms with van der Waals surface area (Å²) in [5, 5.41) is 16.2. The van der Waals surface area contributed by atoms with E-state index in [-0.39, 0.29) is 9.33 Å². The predicted molar refractivity (Wildman–Crippen MR) is 124 cm³/mol. The maximum atomic E-state index is 12.9. The van der Waals surface area contributed by atoms with E-state index in [2.05, 4.69) is 47.1 Å². The third kappa shape index (κ3) is 5.84. The van der Waals surface area contributed by atoms with Gasteiger partial charge in [-0.25, -0.2) is 0 Å². The first-order chi connectivity index (χ1) is 12.8. The second kappa shape index (κ2) is 8.89. The van der Waals surface area contributed by atoms with Crippen molar-refractivity contribution in [2.75, 3.05) is 18.4 Å². The first kappa shape index (κ1) is 23.4. The van der Waals surface area contributed by atoms with E-state index in [0.29, 0.717) is 19.6 Å². The van der Waals surface area contributed by atoms with Crippen LogP contribution >= 0.6 is 22.6 Å². The van der Waals surface area contributed by atoms with Crippen molar-refractivity contribution < 1.29 is 14.5 Å². The minimum Gasteiger partial charge on any atom is -0.423 e. The van der Waals surface area contributed by atoms with Gasteiger partial charge in [0.1, 0.15) is 0 Å². The number of hydrogen-bond acceptors (Lipinski definition) is 5. The van der Waals surface area contributed by atoms with Crippen LogP contribution in [0.15, 0.2) is 18.2 Å². The maximum absolute atomic E-state index is 12.9. The second-order valence-electron chi connectivity index (χ2n) is 9.06. The lowest BCUT2D eigenvalue weighted by molar-refractivity contribution is -0.134. The summed E-state index contributed by atoms with van der Waals surface area (Å²) >= 11 is 2.37. The van der Waals surface area contributed by atoms with Crippen LogP contribution in [0.1, 0.15) is 53.0 Å². The third-order valence-corrected chi connectivity index (χ3v) is 5.86. The predicted octanol–water partition coefficient (Wildman–Crippen LogP) is 2.17. The van der Waals surface area contributed by atoms with Crippen LogP contribution in [0.25, 0.3) is 0 Å². The summed E-state index contributed by atoms with van der Waals surface area (Å²) in [5.41, 5.74) is 7.89. The molecule has 0 fully saturated rings. The van der Waals surface area contributed by atoms with Crippen molar-refractivity contribution in [1.29, 1.82) is 0 Å². The lowest BCUT2D eigenvalue weighted by atomic mass is 9.68. The maximum Gasteiger partial charge on any atom is 0.491 e. The van der Waals surface area contributed by atoms with Crippen LogP contribution in [0.2, 0.25) is 0 Å². The van der Waals surface area contributed by atoms with Gasteiger partial charge in [0.2, 0.25) is 5.91 Å². The number of fused-ring (bicyclic) bond motifs is 1. The van der Waals surface area contributed by atoms with Crippen molar-refractivity contribution in [2.45, 2.75) is 63.0 Å². The van der Waals surface area contributed by atoms with Crippen LogP contribution in [0.5, 0.6) is 0 Å². The van der Waals surface area contributed by atoms with Gasteiger partial charge in [-0.2, -0.15) is 0 Å². The Balaban J connectivity index is 1.83. The number of carbonyl (C=O) groups is 1. The van der Waals surface area contributed by atoms with Gasteiger partial charge < -0.3 is 26.0 Å². The van der Waals surface area contributed by atoms with Gasteiger partial charge in [0, 0.05) is 27.7 Å². The van der Waals surface area contributed by atoms with Crippen molar-refractivity contribution in [3.05, 3.63) is 23.8 Å². The monoisotopic (exact) mass is 501 g/mol. The summed E-state index contributed by atoms with van der Waals surface area (Å²) in [7, 11) is -0.838. The quantitative estimate of drug-likeness (QED) is 0.180. The zero-order chi connectivity index (χ0) is 21.2. The molecule has 0 aromatic heterocycles. The lowest BCUT2D eigenvalue weighted by Crippen LogP contribution is -2.59. The molecule has 0 aliphatic carbocycles. The first-order valence-corrected chi connectivity index (χ1v) is 10.8. The average molecular weight is 501 g/mol. The normalized spacial score (nSPS) is 16.5. The smallest absolute Gasteiger partial charge is 0.423 e. The van der Waals surface area contributed by atoms with Crippen molar-refractivity contribution in [1.82, 2.24) is 5.32 Å². The van der Waals surface area contributed by atoms with E-state index >= 15 is 0 Å². The average Bonchev–Trinajstić information content (AvgIpc) is 2.92. The van der Waals surface area contributed by atoms with Gasteiger partial charge in [-0.05, 0) is 56.8 Å². The zero-order valence-electron chi connectivity index (χ0n) is 17.6. The number of carbonyl (C=O) groups excluding carboxylic acids is 1. The number of rotatable bonds is 9. The van der Waals surface area contributed by atoms with E-state index in [9.17, 15) is 9.82 Å². The Bertz CT molecular complexity index is 703. The van der Waals surface area contributed by atoms with Crippen molar-refractivity contribution in [3.8, 4) is 0 Å². The molecule has 1 unspecified atom stereocenters. The summed E-state index contributed by atoms with van der Waals surface area (Å²) < 4.78 is 5.19. The molecule has 0 saturated carbocycles. The molecule has 0 saturated heterocycles. The van der Waals surface area contributed by atoms with E-state index in [1.54, 1.807) is 0 Å². The minimum absolute atomic E-state index is 0.00235. The topological polar surface area (TPSA) is 96.6 Å². The van der Waals surface area contributed by atoms with Crippen LogP contribution in [-0.4, -0.2) is 40.1 Å². The van der Waals surface area contributed by atoms with E-state index in [1.807, 2.05) is 39.0 Å². The fraction of sp³-hybridized carbons (Fsp3) is 0.650. The van der Waals surface area contributed by atoms with Crippen molar-refractivity contribution in [3.63, 3.8) is 0 Å². The number of nitrogens with two attached hydrogens (primary N) is 1. The fourth-order valence-corrected chi connectivity index (χ4v) is 4.25. The molecule has 156 valence electrons. The Morgan fingerprint density at radius 1 is 1.29 bits per heavy atom. The highest BCUT2D eigenvalue weighted by Crippen LogP contribution is 2.40. The molecule has 1 atom stereocenters. The fourth-order valence-electron chi connectivity index (χ4n) is 3.48. The summed E-state index contributed by atoms with van der Waals surface area (Å²) in [6.07, 6.45) is 1.49. The van der Waals surface area contributed by atoms with Crippen molar-refractivity contribution >= 4 is 46.8 Å². The van der Waals surface area contributed by atoms with Crippen LogP contribution in [0, 0.1) is 5.41 Å². The number of halogens is 1. The SMILES string of the molecule is CC(C)(I)CC(C)(C(=O)NCCCNc1ccc2c(c1)B(O)OC2)C(C)(C)N. The van der Waals surface area contributed by atoms with Crippen LogP contribution < -0.4 is 21.8 Å². The molecule has 8 heteroatoms. The number of benzene rings is 1. The molecule has 1 amide bonds. The highest BCUT2D eigenvalue weighted by atomic mass is 127. The number of nitrogens with one attached hydrogen (secondary N) is 2. The molecule has 1 aromatic carbocycles. The lowest BCUT2D eigenvalue weighted by Gasteiger charge is -2.43. The third-order valence-electron chi connectivity index (χ3n) is 5.47. The van der Waals surface area contributed by atoms with Crippen LogP contribution in [0.4, 0.5) is 5.69 Å². The molecule has 28 heavy (non-hydrogen) atoms.